The fourth-order valence-electron chi connectivity index (χ4n) is 6.35. The number of ether oxygens (including phenoxy) is 3. The minimum Gasteiger partial charge on any atom is -0.486 e. The molecule has 56 heavy (non-hydrogen) atoms. The zero-order valence-electron chi connectivity index (χ0n) is 29.8. The quantitative estimate of drug-likeness (QED) is 0.0836. The van der Waals surface area contributed by atoms with Crippen LogP contribution in [-0.2, 0) is 9.47 Å². The van der Waals surface area contributed by atoms with Gasteiger partial charge < -0.3 is 14.2 Å². The van der Waals surface area contributed by atoms with Gasteiger partial charge in [-0.1, -0.05) is 51.3 Å². The lowest BCUT2D eigenvalue weighted by atomic mass is 9.77. The first-order valence-electron chi connectivity index (χ1n) is 16.9. The van der Waals surface area contributed by atoms with Crippen molar-refractivity contribution in [2.24, 2.45) is 5.92 Å². The van der Waals surface area contributed by atoms with E-state index in [2.05, 4.69) is 16.1 Å². The molecule has 0 saturated heterocycles. The Morgan fingerprint density at radius 1 is 0.625 bits per heavy atom. The second kappa shape index (κ2) is 16.9. The first-order valence-corrected chi connectivity index (χ1v) is 16.9. The average Bonchev–Trinajstić information content (AvgIpc) is 3.02. The van der Waals surface area contributed by atoms with E-state index >= 15 is 0 Å². The van der Waals surface area contributed by atoms with E-state index < -0.39 is 104 Å². The van der Waals surface area contributed by atoms with Crippen molar-refractivity contribution in [1.29, 1.82) is 0 Å². The minimum absolute atomic E-state index is 0.132. The van der Waals surface area contributed by atoms with Crippen LogP contribution in [0.4, 0.5) is 83.4 Å². The Balaban J connectivity index is 2.68. The summed E-state index contributed by atoms with van der Waals surface area (Å²) in [4.78, 5) is 0. The Hall–Kier alpha value is -2.65. The van der Waals surface area contributed by atoms with Crippen LogP contribution in [0, 0.1) is 5.92 Å². The lowest BCUT2D eigenvalue weighted by Crippen LogP contribution is -2.74. The minimum atomic E-state index is -7.60. The van der Waals surface area contributed by atoms with E-state index in [1.165, 1.54) is 12.1 Å². The summed E-state index contributed by atoms with van der Waals surface area (Å²) >= 11 is 0. The first-order chi connectivity index (χ1) is 25.1. The first kappa shape index (κ1) is 49.5. The average molecular weight is 857 g/mol. The summed E-state index contributed by atoms with van der Waals surface area (Å²) in [6.45, 7) is -2.60. The summed E-state index contributed by atoms with van der Waals surface area (Å²) in [5.74, 6) is -21.1. The van der Waals surface area contributed by atoms with Gasteiger partial charge in [0.1, 0.15) is 11.9 Å². The van der Waals surface area contributed by atoms with Crippen molar-refractivity contribution in [2.75, 3.05) is 13.2 Å². The lowest BCUT2D eigenvalue weighted by molar-refractivity contribution is -0.459. The Labute approximate surface area is 308 Å². The number of alkyl halides is 19. The van der Waals surface area contributed by atoms with Crippen molar-refractivity contribution in [3.05, 3.63) is 42.5 Å². The molecule has 1 fully saturated rings. The van der Waals surface area contributed by atoms with Crippen LogP contribution >= 0.6 is 0 Å². The van der Waals surface area contributed by atoms with Gasteiger partial charge >= 0.3 is 53.7 Å². The number of rotatable bonds is 18. The third-order valence-corrected chi connectivity index (χ3v) is 9.59. The van der Waals surface area contributed by atoms with Crippen molar-refractivity contribution >= 4 is 0 Å². The number of unbranched alkanes of at least 4 members (excludes halogenated alkanes) is 2. The van der Waals surface area contributed by atoms with Crippen molar-refractivity contribution in [2.45, 2.75) is 144 Å². The van der Waals surface area contributed by atoms with E-state index in [-0.39, 0.29) is 5.92 Å². The van der Waals surface area contributed by atoms with E-state index in [1.807, 2.05) is 6.92 Å². The maximum atomic E-state index is 15.0. The molecular weight excluding hydrogens is 817 g/mol. The molecule has 2 rings (SSSR count). The normalized spacial score (nSPS) is 19.5. The topological polar surface area (TPSA) is 27.7 Å². The highest BCUT2D eigenvalue weighted by atomic mass is 19.4. The molecule has 1 aliphatic carbocycles. The monoisotopic (exact) mass is 856 g/mol. The van der Waals surface area contributed by atoms with Crippen LogP contribution in [0.3, 0.4) is 0 Å². The van der Waals surface area contributed by atoms with Crippen LogP contribution in [0.5, 0.6) is 5.75 Å². The molecular formula is C34H39F19O3. The Kier molecular flexibility index (Phi) is 14.9. The summed E-state index contributed by atoms with van der Waals surface area (Å²) in [6.07, 6.45) is -27.8. The fourth-order valence-corrected chi connectivity index (χ4v) is 6.35. The van der Waals surface area contributed by atoms with E-state index in [0.29, 0.717) is 24.3 Å². The lowest BCUT2D eigenvalue weighted by Gasteiger charge is -2.46. The molecule has 1 unspecified atom stereocenters. The second-order valence-corrected chi connectivity index (χ2v) is 13.9. The molecule has 0 spiro atoms. The van der Waals surface area contributed by atoms with E-state index in [1.54, 1.807) is 0 Å². The van der Waals surface area contributed by atoms with Crippen molar-refractivity contribution in [3.63, 3.8) is 0 Å². The standard InChI is InChI=1S/C34H39F19O3/c1-5-7-8-9-20-10-12-21(13-11-20)22-14-16-23(17-15-22)56-24(18-54-27(31(42,43)44,32(45,46)47)29(38,39)25(3,4)35)19-55-28(33(48,49)50,34(51,52)53)30(40,41)26(36,37)6-2/h6,14-17,20-21,24H,2,5,7-13,18-19H2,1,3-4H3. The van der Waals surface area contributed by atoms with Crippen LogP contribution in [0.1, 0.15) is 83.6 Å². The van der Waals surface area contributed by atoms with Gasteiger partial charge in [-0.15, -0.1) is 0 Å². The highest BCUT2D eigenvalue weighted by Gasteiger charge is 2.90. The number of hydrogen-bond acceptors (Lipinski definition) is 3. The molecule has 0 amide bonds. The third kappa shape index (κ3) is 9.45. The Morgan fingerprint density at radius 2 is 1.04 bits per heavy atom. The molecule has 1 aromatic carbocycles. The van der Waals surface area contributed by atoms with E-state index in [9.17, 15) is 83.4 Å². The van der Waals surface area contributed by atoms with E-state index in [4.69, 9.17) is 4.74 Å². The van der Waals surface area contributed by atoms with Crippen molar-refractivity contribution in [3.8, 4) is 5.75 Å². The van der Waals surface area contributed by atoms with Gasteiger partial charge in [-0.3, -0.25) is 0 Å². The van der Waals surface area contributed by atoms with Crippen LogP contribution in [0.25, 0.3) is 0 Å². The van der Waals surface area contributed by atoms with Gasteiger partial charge in [0.05, 0.1) is 13.2 Å². The van der Waals surface area contributed by atoms with E-state index in [0.717, 1.165) is 50.7 Å². The molecule has 0 bridgehead atoms. The number of halogens is 19. The number of hydrogen-bond donors (Lipinski definition) is 0. The fraction of sp³-hybridized carbons (Fsp3) is 0.765. The smallest absolute Gasteiger partial charge is 0.433 e. The SMILES string of the molecule is C=CC(F)(F)C(F)(F)C(OCC(COC(C(F)(F)F)(C(F)(F)F)C(F)(F)C(C)(C)F)Oc1ccc(C2CCC(CCCCC)CC2)cc1)(C(F)(F)F)C(F)(F)F. The van der Waals surface area contributed by atoms with Gasteiger partial charge in [-0.05, 0) is 75.1 Å². The molecule has 0 heterocycles. The number of allylic oxidation sites excluding steroid dienone is 1. The van der Waals surface area contributed by atoms with Crippen molar-refractivity contribution in [1.82, 2.24) is 0 Å². The molecule has 0 N–H and O–H groups in total. The Bertz CT molecular complexity index is 1370. The molecule has 1 aliphatic rings. The molecule has 22 heteroatoms. The maximum absolute atomic E-state index is 15.0. The predicted molar refractivity (Wildman–Crippen MR) is 162 cm³/mol. The molecule has 326 valence electrons. The molecule has 0 aromatic heterocycles. The van der Waals surface area contributed by atoms with Gasteiger partial charge in [0.15, 0.2) is 5.67 Å². The Morgan fingerprint density at radius 3 is 1.39 bits per heavy atom. The number of benzene rings is 1. The predicted octanol–water partition coefficient (Wildman–Crippen LogP) is 12.9. The van der Waals surface area contributed by atoms with Crippen LogP contribution in [-0.4, -0.2) is 78.7 Å². The zero-order chi connectivity index (χ0) is 43.6. The van der Waals surface area contributed by atoms with Gasteiger partial charge in [0, 0.05) is 0 Å². The van der Waals surface area contributed by atoms with Gasteiger partial charge in [0.2, 0.25) is 0 Å². The van der Waals surface area contributed by atoms with Gasteiger partial charge in [-0.25, -0.2) is 4.39 Å². The van der Waals surface area contributed by atoms with Crippen LogP contribution in [0.2, 0.25) is 0 Å². The summed E-state index contributed by atoms with van der Waals surface area (Å²) in [6, 6.07) is 4.13. The van der Waals surface area contributed by atoms with Gasteiger partial charge in [0.25, 0.3) is 0 Å². The summed E-state index contributed by atoms with van der Waals surface area (Å²) in [7, 11) is 0. The largest absolute Gasteiger partial charge is 0.486 e. The molecule has 3 nitrogen and oxygen atoms in total. The molecule has 1 aromatic rings. The summed E-state index contributed by atoms with van der Waals surface area (Å²) in [5, 5.41) is 0. The third-order valence-electron chi connectivity index (χ3n) is 9.59. The van der Waals surface area contributed by atoms with Crippen LogP contribution < -0.4 is 4.74 Å². The summed E-state index contributed by atoms with van der Waals surface area (Å²) < 4.78 is 282. The second-order valence-electron chi connectivity index (χ2n) is 13.9. The highest BCUT2D eigenvalue weighted by Crippen LogP contribution is 2.60. The van der Waals surface area contributed by atoms with Crippen LogP contribution in [0.15, 0.2) is 36.9 Å². The zero-order valence-corrected chi connectivity index (χ0v) is 29.8. The highest BCUT2D eigenvalue weighted by molar-refractivity contribution is 5.30. The molecule has 1 saturated carbocycles. The van der Waals surface area contributed by atoms with Gasteiger partial charge in [-0.2, -0.15) is 79.0 Å². The summed E-state index contributed by atoms with van der Waals surface area (Å²) in [5.41, 5.74) is -18.5. The molecule has 0 aliphatic heterocycles. The van der Waals surface area contributed by atoms with Crippen molar-refractivity contribution < 1.29 is 97.6 Å². The molecule has 1 atom stereocenters. The maximum Gasteiger partial charge on any atom is 0.433 e. The molecule has 0 radical (unpaired) electrons.